The molecular formula is C15H14ClF2NO. The molecular weight excluding hydrogens is 284 g/mol. The Labute approximate surface area is 121 Å². The van der Waals surface area contributed by atoms with Gasteiger partial charge in [-0.05, 0) is 49.2 Å². The van der Waals surface area contributed by atoms with Crippen LogP contribution in [0.15, 0.2) is 36.4 Å². The van der Waals surface area contributed by atoms with Crippen molar-refractivity contribution in [3.8, 4) is 11.5 Å². The van der Waals surface area contributed by atoms with Crippen molar-refractivity contribution in [1.82, 2.24) is 0 Å². The zero-order valence-corrected chi connectivity index (χ0v) is 11.6. The van der Waals surface area contributed by atoms with Crippen LogP contribution in [-0.2, 0) is 6.42 Å². The SMILES string of the molecule is CC(N)Cc1cc(Cl)ccc1Oc1cc(F)ccc1F. The summed E-state index contributed by atoms with van der Waals surface area (Å²) in [6.07, 6.45) is 0.521. The second-order valence-corrected chi connectivity index (χ2v) is 5.05. The molecule has 0 aliphatic heterocycles. The van der Waals surface area contributed by atoms with Gasteiger partial charge in [-0.2, -0.15) is 0 Å². The molecule has 1 unspecified atom stereocenters. The molecule has 0 heterocycles. The van der Waals surface area contributed by atoms with Gasteiger partial charge in [0.15, 0.2) is 11.6 Å². The van der Waals surface area contributed by atoms with E-state index in [1.54, 1.807) is 18.2 Å². The molecule has 0 aromatic heterocycles. The van der Waals surface area contributed by atoms with Gasteiger partial charge < -0.3 is 10.5 Å². The molecule has 0 radical (unpaired) electrons. The number of ether oxygens (including phenoxy) is 1. The number of hydrogen-bond acceptors (Lipinski definition) is 2. The Bertz CT molecular complexity index is 617. The number of rotatable bonds is 4. The molecule has 0 saturated heterocycles. The minimum absolute atomic E-state index is 0.104. The first-order valence-electron chi connectivity index (χ1n) is 6.12. The fourth-order valence-corrected chi connectivity index (χ4v) is 2.02. The summed E-state index contributed by atoms with van der Waals surface area (Å²) in [7, 11) is 0. The Kier molecular flexibility index (Phi) is 4.57. The summed E-state index contributed by atoms with van der Waals surface area (Å²) in [6.45, 7) is 1.84. The van der Waals surface area contributed by atoms with E-state index in [1.165, 1.54) is 0 Å². The van der Waals surface area contributed by atoms with Gasteiger partial charge in [-0.1, -0.05) is 11.6 Å². The first kappa shape index (κ1) is 14.8. The molecule has 0 bridgehead atoms. The Morgan fingerprint density at radius 1 is 1.15 bits per heavy atom. The molecule has 0 saturated carbocycles. The van der Waals surface area contributed by atoms with Crippen molar-refractivity contribution in [3.63, 3.8) is 0 Å². The molecule has 0 amide bonds. The minimum Gasteiger partial charge on any atom is -0.454 e. The second-order valence-electron chi connectivity index (χ2n) is 4.61. The van der Waals surface area contributed by atoms with Crippen LogP contribution in [0.5, 0.6) is 11.5 Å². The molecule has 2 N–H and O–H groups in total. The average molecular weight is 298 g/mol. The molecule has 2 rings (SSSR count). The van der Waals surface area contributed by atoms with E-state index in [9.17, 15) is 8.78 Å². The zero-order chi connectivity index (χ0) is 14.7. The molecule has 106 valence electrons. The van der Waals surface area contributed by atoms with E-state index in [-0.39, 0.29) is 11.8 Å². The largest absolute Gasteiger partial charge is 0.454 e. The summed E-state index contributed by atoms with van der Waals surface area (Å²) in [4.78, 5) is 0. The maximum Gasteiger partial charge on any atom is 0.165 e. The standard InChI is InChI=1S/C15H14ClF2NO/c1-9(19)6-10-7-11(16)2-5-14(10)20-15-8-12(17)3-4-13(15)18/h2-5,7-9H,6,19H2,1H3. The highest BCUT2D eigenvalue weighted by Crippen LogP contribution is 2.30. The van der Waals surface area contributed by atoms with Crippen LogP contribution >= 0.6 is 11.6 Å². The molecule has 20 heavy (non-hydrogen) atoms. The zero-order valence-electron chi connectivity index (χ0n) is 10.9. The van der Waals surface area contributed by atoms with E-state index >= 15 is 0 Å². The van der Waals surface area contributed by atoms with Crippen molar-refractivity contribution in [1.29, 1.82) is 0 Å². The third-order valence-corrected chi connectivity index (χ3v) is 2.91. The summed E-state index contributed by atoms with van der Waals surface area (Å²) in [5.74, 6) is -0.952. The predicted molar refractivity (Wildman–Crippen MR) is 75.2 cm³/mol. The third kappa shape index (κ3) is 3.68. The number of hydrogen-bond donors (Lipinski definition) is 1. The monoisotopic (exact) mass is 297 g/mol. The highest BCUT2D eigenvalue weighted by atomic mass is 35.5. The van der Waals surface area contributed by atoms with Crippen LogP contribution in [0.2, 0.25) is 5.02 Å². The lowest BCUT2D eigenvalue weighted by Crippen LogP contribution is -2.18. The van der Waals surface area contributed by atoms with Gasteiger partial charge in [-0.3, -0.25) is 0 Å². The van der Waals surface area contributed by atoms with Crippen molar-refractivity contribution in [2.24, 2.45) is 5.73 Å². The maximum absolute atomic E-state index is 13.6. The summed E-state index contributed by atoms with van der Waals surface area (Å²) < 4.78 is 32.2. The van der Waals surface area contributed by atoms with Gasteiger partial charge in [0.1, 0.15) is 11.6 Å². The van der Waals surface area contributed by atoms with E-state index in [0.29, 0.717) is 17.2 Å². The predicted octanol–water partition coefficient (Wildman–Crippen LogP) is 4.30. The van der Waals surface area contributed by atoms with E-state index in [0.717, 1.165) is 23.8 Å². The molecule has 0 aliphatic rings. The molecule has 0 spiro atoms. The summed E-state index contributed by atoms with van der Waals surface area (Å²) in [5.41, 5.74) is 6.50. The number of nitrogens with two attached hydrogens (primary N) is 1. The summed E-state index contributed by atoms with van der Waals surface area (Å²) in [6, 6.07) is 7.90. The second kappa shape index (κ2) is 6.20. The number of halogens is 3. The topological polar surface area (TPSA) is 35.2 Å². The van der Waals surface area contributed by atoms with Gasteiger partial charge in [0, 0.05) is 17.1 Å². The average Bonchev–Trinajstić information content (AvgIpc) is 2.36. The van der Waals surface area contributed by atoms with Gasteiger partial charge in [0.2, 0.25) is 0 Å². The maximum atomic E-state index is 13.6. The Balaban J connectivity index is 2.35. The fraction of sp³-hybridized carbons (Fsp3) is 0.200. The Morgan fingerprint density at radius 3 is 2.60 bits per heavy atom. The summed E-state index contributed by atoms with van der Waals surface area (Å²) >= 11 is 5.93. The Hall–Kier alpha value is -1.65. The summed E-state index contributed by atoms with van der Waals surface area (Å²) in [5, 5.41) is 0.535. The minimum atomic E-state index is -0.631. The van der Waals surface area contributed by atoms with Gasteiger partial charge >= 0.3 is 0 Å². The highest BCUT2D eigenvalue weighted by molar-refractivity contribution is 6.30. The highest BCUT2D eigenvalue weighted by Gasteiger charge is 2.11. The first-order chi connectivity index (χ1) is 9.45. The molecule has 0 aliphatic carbocycles. The molecule has 2 nitrogen and oxygen atoms in total. The van der Waals surface area contributed by atoms with Crippen LogP contribution in [-0.4, -0.2) is 6.04 Å². The van der Waals surface area contributed by atoms with Crippen LogP contribution < -0.4 is 10.5 Å². The van der Waals surface area contributed by atoms with Crippen LogP contribution in [0.1, 0.15) is 12.5 Å². The fourth-order valence-electron chi connectivity index (χ4n) is 1.83. The van der Waals surface area contributed by atoms with Crippen molar-refractivity contribution in [2.45, 2.75) is 19.4 Å². The van der Waals surface area contributed by atoms with Crippen molar-refractivity contribution in [2.75, 3.05) is 0 Å². The first-order valence-corrected chi connectivity index (χ1v) is 6.50. The molecule has 2 aromatic carbocycles. The lowest BCUT2D eigenvalue weighted by atomic mass is 10.1. The lowest BCUT2D eigenvalue weighted by Gasteiger charge is -2.13. The van der Waals surface area contributed by atoms with E-state index in [1.807, 2.05) is 6.92 Å². The molecule has 5 heteroatoms. The van der Waals surface area contributed by atoms with Gasteiger partial charge in [0.05, 0.1) is 0 Å². The quantitative estimate of drug-likeness (QED) is 0.913. The van der Waals surface area contributed by atoms with Gasteiger partial charge in [-0.25, -0.2) is 8.78 Å². The Morgan fingerprint density at radius 2 is 1.90 bits per heavy atom. The third-order valence-electron chi connectivity index (χ3n) is 2.68. The van der Waals surface area contributed by atoms with Crippen LogP contribution in [0.4, 0.5) is 8.78 Å². The van der Waals surface area contributed by atoms with Crippen molar-refractivity contribution < 1.29 is 13.5 Å². The molecule has 2 aromatic rings. The van der Waals surface area contributed by atoms with Crippen LogP contribution in [0, 0.1) is 11.6 Å². The van der Waals surface area contributed by atoms with Crippen molar-refractivity contribution in [3.05, 3.63) is 58.6 Å². The normalized spacial score (nSPS) is 12.2. The molecule has 0 fully saturated rings. The van der Waals surface area contributed by atoms with Gasteiger partial charge in [0.25, 0.3) is 0 Å². The van der Waals surface area contributed by atoms with Crippen LogP contribution in [0.3, 0.4) is 0 Å². The number of benzene rings is 2. The van der Waals surface area contributed by atoms with Crippen molar-refractivity contribution >= 4 is 11.6 Å². The van der Waals surface area contributed by atoms with E-state index < -0.39 is 11.6 Å². The van der Waals surface area contributed by atoms with Gasteiger partial charge in [-0.15, -0.1) is 0 Å². The van der Waals surface area contributed by atoms with E-state index in [2.05, 4.69) is 0 Å². The van der Waals surface area contributed by atoms with Crippen LogP contribution in [0.25, 0.3) is 0 Å². The smallest absolute Gasteiger partial charge is 0.165 e. The lowest BCUT2D eigenvalue weighted by molar-refractivity contribution is 0.431. The van der Waals surface area contributed by atoms with E-state index in [4.69, 9.17) is 22.1 Å². The molecule has 1 atom stereocenters.